The molecule has 0 bridgehead atoms. The molecule has 0 saturated carbocycles. The van der Waals surface area contributed by atoms with Gasteiger partial charge >= 0.3 is 0 Å². The highest BCUT2D eigenvalue weighted by molar-refractivity contribution is 6.29. The van der Waals surface area contributed by atoms with Gasteiger partial charge in [-0.2, -0.15) is 0 Å². The molecule has 1 N–H and O–H groups in total. The van der Waals surface area contributed by atoms with Crippen LogP contribution in [0, 0.1) is 11.6 Å². The van der Waals surface area contributed by atoms with Gasteiger partial charge in [-0.3, -0.25) is 0 Å². The van der Waals surface area contributed by atoms with E-state index in [4.69, 9.17) is 16.3 Å². The third kappa shape index (κ3) is 4.41. The van der Waals surface area contributed by atoms with Crippen molar-refractivity contribution in [3.05, 3.63) is 83.4 Å². The predicted molar refractivity (Wildman–Crippen MR) is 107 cm³/mol. The SMILES string of the molecule is Fc1ccc(F)c2c(NCCc3ccc(Oc4ccnc(Cl)c4)cc3)ncnc12. The Morgan fingerprint density at radius 3 is 2.48 bits per heavy atom. The Kier molecular flexibility index (Phi) is 5.48. The number of pyridine rings is 1. The van der Waals surface area contributed by atoms with Crippen molar-refractivity contribution in [1.82, 2.24) is 15.0 Å². The van der Waals surface area contributed by atoms with Crippen LogP contribution in [0.15, 0.2) is 61.1 Å². The summed E-state index contributed by atoms with van der Waals surface area (Å²) in [5.74, 6) is 0.384. The minimum atomic E-state index is -0.585. The van der Waals surface area contributed by atoms with Crippen LogP contribution in [-0.2, 0) is 6.42 Å². The van der Waals surface area contributed by atoms with Crippen molar-refractivity contribution >= 4 is 28.3 Å². The summed E-state index contributed by atoms with van der Waals surface area (Å²) < 4.78 is 33.7. The summed E-state index contributed by atoms with van der Waals surface area (Å²) in [6, 6.07) is 13.0. The van der Waals surface area contributed by atoms with Gasteiger partial charge in [-0.1, -0.05) is 23.7 Å². The van der Waals surface area contributed by atoms with Crippen LogP contribution in [0.1, 0.15) is 5.56 Å². The van der Waals surface area contributed by atoms with E-state index in [1.807, 2.05) is 24.3 Å². The van der Waals surface area contributed by atoms with Gasteiger partial charge in [-0.25, -0.2) is 23.7 Å². The second-order valence-electron chi connectivity index (χ2n) is 6.21. The van der Waals surface area contributed by atoms with E-state index in [0.717, 1.165) is 17.7 Å². The second-order valence-corrected chi connectivity index (χ2v) is 6.60. The lowest BCUT2D eigenvalue weighted by molar-refractivity contribution is 0.482. The van der Waals surface area contributed by atoms with Gasteiger partial charge in [0.2, 0.25) is 0 Å². The first kappa shape index (κ1) is 19.0. The lowest BCUT2D eigenvalue weighted by atomic mass is 10.1. The molecule has 4 rings (SSSR count). The van der Waals surface area contributed by atoms with Crippen molar-refractivity contribution in [2.24, 2.45) is 0 Å². The van der Waals surface area contributed by atoms with Crippen LogP contribution in [0.5, 0.6) is 11.5 Å². The highest BCUT2D eigenvalue weighted by Crippen LogP contribution is 2.25. The quantitative estimate of drug-likeness (QED) is 0.429. The summed E-state index contributed by atoms with van der Waals surface area (Å²) in [4.78, 5) is 11.8. The number of benzene rings is 2. The average Bonchev–Trinajstić information content (AvgIpc) is 2.72. The molecule has 0 aliphatic heterocycles. The normalized spacial score (nSPS) is 10.9. The maximum Gasteiger partial charge on any atom is 0.149 e. The van der Waals surface area contributed by atoms with E-state index in [1.54, 1.807) is 18.3 Å². The molecule has 2 aromatic heterocycles. The molecule has 0 amide bonds. The Bertz CT molecular complexity index is 1160. The van der Waals surface area contributed by atoms with Crippen LogP contribution < -0.4 is 10.1 Å². The summed E-state index contributed by atoms with van der Waals surface area (Å²) in [6.07, 6.45) is 3.44. The van der Waals surface area contributed by atoms with Gasteiger partial charge in [0, 0.05) is 18.8 Å². The van der Waals surface area contributed by atoms with Gasteiger partial charge in [0.05, 0.1) is 5.39 Å². The molecule has 0 atom stereocenters. The smallest absolute Gasteiger partial charge is 0.149 e. The van der Waals surface area contributed by atoms with Crippen molar-refractivity contribution in [1.29, 1.82) is 0 Å². The molecule has 0 spiro atoms. The lowest BCUT2D eigenvalue weighted by Gasteiger charge is -2.10. The first-order valence-corrected chi connectivity index (χ1v) is 9.19. The van der Waals surface area contributed by atoms with E-state index in [0.29, 0.717) is 29.6 Å². The fourth-order valence-electron chi connectivity index (χ4n) is 2.87. The third-order valence-corrected chi connectivity index (χ3v) is 4.46. The van der Waals surface area contributed by atoms with Crippen molar-refractivity contribution in [3.8, 4) is 11.5 Å². The average molecular weight is 413 g/mol. The van der Waals surface area contributed by atoms with Crippen LogP contribution in [0.4, 0.5) is 14.6 Å². The van der Waals surface area contributed by atoms with Crippen molar-refractivity contribution in [3.63, 3.8) is 0 Å². The molecule has 2 aromatic carbocycles. The summed E-state index contributed by atoms with van der Waals surface area (Å²) in [7, 11) is 0. The third-order valence-electron chi connectivity index (χ3n) is 4.25. The number of halogens is 3. The number of hydrogen-bond donors (Lipinski definition) is 1. The second kappa shape index (κ2) is 8.36. The zero-order valence-corrected chi connectivity index (χ0v) is 15.8. The Balaban J connectivity index is 1.40. The maximum absolute atomic E-state index is 14.1. The standard InChI is InChI=1S/C21H15ClF2N4O/c22-18-11-15(8-10-25-18)29-14-3-1-13(2-4-14)7-9-26-21-19-16(23)5-6-17(24)20(19)27-12-28-21/h1-6,8,10-12H,7,9H2,(H,26,27,28). The number of rotatable bonds is 6. The summed E-state index contributed by atoms with van der Waals surface area (Å²) in [6.45, 7) is 0.488. The van der Waals surface area contributed by atoms with Crippen LogP contribution in [-0.4, -0.2) is 21.5 Å². The number of nitrogens with zero attached hydrogens (tertiary/aromatic N) is 3. The van der Waals surface area contributed by atoms with E-state index in [2.05, 4.69) is 20.3 Å². The largest absolute Gasteiger partial charge is 0.457 e. The molecule has 0 fully saturated rings. The van der Waals surface area contributed by atoms with Gasteiger partial charge in [-0.15, -0.1) is 0 Å². The molecule has 4 aromatic rings. The Morgan fingerprint density at radius 2 is 1.69 bits per heavy atom. The van der Waals surface area contributed by atoms with Crippen LogP contribution in [0.2, 0.25) is 5.15 Å². The van der Waals surface area contributed by atoms with Crippen LogP contribution >= 0.6 is 11.6 Å². The number of aromatic nitrogens is 3. The minimum Gasteiger partial charge on any atom is -0.457 e. The number of fused-ring (bicyclic) bond motifs is 1. The van der Waals surface area contributed by atoms with E-state index in [9.17, 15) is 8.78 Å². The molecule has 0 saturated heterocycles. The Hall–Kier alpha value is -3.32. The van der Waals surface area contributed by atoms with Crippen molar-refractivity contribution in [2.45, 2.75) is 6.42 Å². The van der Waals surface area contributed by atoms with Gasteiger partial charge < -0.3 is 10.1 Å². The fraction of sp³-hybridized carbons (Fsp3) is 0.0952. The highest BCUT2D eigenvalue weighted by Gasteiger charge is 2.12. The number of nitrogens with one attached hydrogen (secondary N) is 1. The molecule has 146 valence electrons. The monoisotopic (exact) mass is 412 g/mol. The molecule has 5 nitrogen and oxygen atoms in total. The molecule has 8 heteroatoms. The maximum atomic E-state index is 14.1. The summed E-state index contributed by atoms with van der Waals surface area (Å²) in [5.41, 5.74) is 1.00. The molecule has 0 aliphatic carbocycles. The highest BCUT2D eigenvalue weighted by atomic mass is 35.5. The van der Waals surface area contributed by atoms with E-state index >= 15 is 0 Å². The zero-order chi connectivity index (χ0) is 20.2. The molecule has 2 heterocycles. The summed E-state index contributed by atoms with van der Waals surface area (Å²) >= 11 is 5.85. The van der Waals surface area contributed by atoms with Gasteiger partial charge in [0.1, 0.15) is 45.9 Å². The summed E-state index contributed by atoms with van der Waals surface area (Å²) in [5, 5.41) is 3.46. The molecular weight excluding hydrogens is 398 g/mol. The predicted octanol–water partition coefficient (Wildman–Crippen LogP) is 5.40. The molecule has 0 radical (unpaired) electrons. The molecule has 0 aliphatic rings. The number of hydrogen-bond acceptors (Lipinski definition) is 5. The first-order chi connectivity index (χ1) is 14.1. The number of ether oxygens (including phenoxy) is 1. The zero-order valence-electron chi connectivity index (χ0n) is 15.1. The topological polar surface area (TPSA) is 59.9 Å². The van der Waals surface area contributed by atoms with Crippen molar-refractivity contribution < 1.29 is 13.5 Å². The Morgan fingerprint density at radius 1 is 0.897 bits per heavy atom. The van der Waals surface area contributed by atoms with Gasteiger partial charge in [0.15, 0.2) is 0 Å². The van der Waals surface area contributed by atoms with E-state index < -0.39 is 11.6 Å². The van der Waals surface area contributed by atoms with E-state index in [1.165, 1.54) is 6.33 Å². The van der Waals surface area contributed by atoms with Crippen LogP contribution in [0.3, 0.4) is 0 Å². The van der Waals surface area contributed by atoms with Crippen molar-refractivity contribution in [2.75, 3.05) is 11.9 Å². The van der Waals surface area contributed by atoms with Gasteiger partial charge in [-0.05, 0) is 42.3 Å². The Labute approximate surface area is 170 Å². The molecule has 0 unspecified atom stereocenters. The first-order valence-electron chi connectivity index (χ1n) is 8.81. The minimum absolute atomic E-state index is 0.0415. The van der Waals surface area contributed by atoms with Gasteiger partial charge in [0.25, 0.3) is 0 Å². The number of anilines is 1. The fourth-order valence-corrected chi connectivity index (χ4v) is 3.03. The molecular formula is C21H15ClF2N4O. The van der Waals surface area contributed by atoms with E-state index in [-0.39, 0.29) is 16.7 Å². The lowest BCUT2D eigenvalue weighted by Crippen LogP contribution is -2.08. The molecule has 29 heavy (non-hydrogen) atoms. The van der Waals surface area contributed by atoms with Crippen LogP contribution in [0.25, 0.3) is 10.9 Å².